The number of amides is 1. The molecule has 1 amide bonds. The van der Waals surface area contributed by atoms with Crippen molar-refractivity contribution in [2.24, 2.45) is 0 Å². The van der Waals surface area contributed by atoms with Gasteiger partial charge in [-0.15, -0.1) is 0 Å². The van der Waals surface area contributed by atoms with Crippen LogP contribution in [0, 0.1) is 0 Å². The molecule has 4 nitrogen and oxygen atoms in total. The minimum absolute atomic E-state index is 0.0571. The highest BCUT2D eigenvalue weighted by Crippen LogP contribution is 2.36. The third-order valence-electron chi connectivity index (χ3n) is 4.17. The number of benzene rings is 2. The molecule has 10 heteroatoms. The first-order valence-electron chi connectivity index (χ1n) is 9.54. The van der Waals surface area contributed by atoms with Crippen LogP contribution in [0.15, 0.2) is 48.5 Å². The zero-order chi connectivity index (χ0) is 24.2. The maximum Gasteiger partial charge on any atom is 0.416 e. The number of hydrogen-bond acceptors (Lipinski definition) is 3. The molecule has 2 aromatic rings. The predicted octanol–water partition coefficient (Wildman–Crippen LogP) is 6.17. The molecule has 0 heterocycles. The Morgan fingerprint density at radius 3 is 1.88 bits per heavy atom. The van der Waals surface area contributed by atoms with Gasteiger partial charge in [-0.3, -0.25) is 9.63 Å². The molecule has 176 valence electrons. The van der Waals surface area contributed by atoms with Gasteiger partial charge in [0.05, 0.1) is 29.9 Å². The van der Waals surface area contributed by atoms with Crippen molar-refractivity contribution in [2.75, 3.05) is 6.61 Å². The number of carbonyl (C=O) groups excluding carboxylic acids is 1. The molecule has 1 atom stereocenters. The Kier molecular flexibility index (Phi) is 7.95. The maximum absolute atomic E-state index is 13.0. The van der Waals surface area contributed by atoms with E-state index in [1.807, 2.05) is 0 Å². The monoisotopic (exact) mass is 463 g/mol. The fraction of sp³-hybridized carbons (Fsp3) is 0.409. The second-order valence-corrected chi connectivity index (χ2v) is 8.02. The van der Waals surface area contributed by atoms with Gasteiger partial charge < -0.3 is 4.74 Å². The number of carbonyl (C=O) groups is 1. The van der Waals surface area contributed by atoms with Gasteiger partial charge in [0.15, 0.2) is 0 Å². The van der Waals surface area contributed by atoms with Crippen molar-refractivity contribution in [3.8, 4) is 0 Å². The fourth-order valence-corrected chi connectivity index (χ4v) is 2.86. The highest BCUT2D eigenvalue weighted by molar-refractivity contribution is 5.47. The van der Waals surface area contributed by atoms with Crippen LogP contribution >= 0.6 is 0 Å². The highest BCUT2D eigenvalue weighted by atomic mass is 19.4. The third-order valence-corrected chi connectivity index (χ3v) is 4.17. The molecule has 2 rings (SSSR count). The van der Waals surface area contributed by atoms with Crippen molar-refractivity contribution in [1.82, 2.24) is 5.06 Å². The quantitative estimate of drug-likeness (QED) is 0.267. The Morgan fingerprint density at radius 2 is 1.44 bits per heavy atom. The Labute approximate surface area is 181 Å². The lowest BCUT2D eigenvalue weighted by Gasteiger charge is -2.33. The van der Waals surface area contributed by atoms with Crippen LogP contribution in [0.5, 0.6) is 0 Å². The summed E-state index contributed by atoms with van der Waals surface area (Å²) in [6.45, 7) is 4.39. The predicted molar refractivity (Wildman–Crippen MR) is 104 cm³/mol. The summed E-state index contributed by atoms with van der Waals surface area (Å²) < 4.78 is 83.7. The van der Waals surface area contributed by atoms with E-state index in [4.69, 9.17) is 9.57 Å². The van der Waals surface area contributed by atoms with Gasteiger partial charge in [0, 0.05) is 0 Å². The van der Waals surface area contributed by atoms with E-state index in [0.717, 1.165) is 5.06 Å². The van der Waals surface area contributed by atoms with Crippen LogP contribution in [0.4, 0.5) is 26.3 Å². The Balaban J connectivity index is 2.26. The lowest BCUT2D eigenvalue weighted by molar-refractivity contribution is -0.239. The number of ether oxygens (including phenoxy) is 1. The van der Waals surface area contributed by atoms with Crippen molar-refractivity contribution in [3.63, 3.8) is 0 Å². The standard InChI is InChI=1S/C22H23F6NO3/c1-20(2,3)32-29(14-30)19(16-7-5-4-6-8-16)13-31-12-15-9-17(21(23,24)25)11-18(10-15)22(26,27)28/h4-11,14,19H,12-13H2,1-3H3. The molecule has 0 N–H and O–H groups in total. The summed E-state index contributed by atoms with van der Waals surface area (Å²) in [5.74, 6) is 0. The average molecular weight is 463 g/mol. The highest BCUT2D eigenvalue weighted by Gasteiger charge is 2.37. The van der Waals surface area contributed by atoms with E-state index >= 15 is 0 Å². The van der Waals surface area contributed by atoms with Crippen LogP contribution < -0.4 is 0 Å². The smallest absolute Gasteiger partial charge is 0.374 e. The first-order valence-corrected chi connectivity index (χ1v) is 9.54. The van der Waals surface area contributed by atoms with Crippen LogP contribution in [-0.4, -0.2) is 23.7 Å². The largest absolute Gasteiger partial charge is 0.416 e. The number of nitrogens with zero attached hydrogens (tertiary/aromatic N) is 1. The van der Waals surface area contributed by atoms with Gasteiger partial charge in [-0.2, -0.15) is 26.3 Å². The molecule has 0 bridgehead atoms. The van der Waals surface area contributed by atoms with E-state index in [0.29, 0.717) is 24.1 Å². The van der Waals surface area contributed by atoms with Crippen molar-refractivity contribution in [3.05, 3.63) is 70.8 Å². The first kappa shape index (κ1) is 25.7. The van der Waals surface area contributed by atoms with Gasteiger partial charge in [-0.1, -0.05) is 30.3 Å². The first-order chi connectivity index (χ1) is 14.7. The summed E-state index contributed by atoms with van der Waals surface area (Å²) in [7, 11) is 0. The third kappa shape index (κ3) is 7.52. The number of halogens is 6. The molecule has 1 unspecified atom stereocenters. The summed E-state index contributed by atoms with van der Waals surface area (Å²) in [6, 6.07) is 9.06. The van der Waals surface area contributed by atoms with Crippen molar-refractivity contribution < 1.29 is 40.7 Å². The van der Waals surface area contributed by atoms with E-state index in [2.05, 4.69) is 0 Å². The fourth-order valence-electron chi connectivity index (χ4n) is 2.86. The maximum atomic E-state index is 13.0. The summed E-state index contributed by atoms with van der Waals surface area (Å²) in [4.78, 5) is 17.3. The van der Waals surface area contributed by atoms with E-state index in [9.17, 15) is 31.1 Å². The number of hydroxylamine groups is 2. The lowest BCUT2D eigenvalue weighted by atomic mass is 10.0. The van der Waals surface area contributed by atoms with E-state index in [-0.39, 0.29) is 18.2 Å². The molecule has 0 aliphatic heterocycles. The minimum atomic E-state index is -4.95. The average Bonchev–Trinajstić information content (AvgIpc) is 2.68. The Hall–Kier alpha value is -2.59. The summed E-state index contributed by atoms with van der Waals surface area (Å²) in [6.07, 6.45) is -9.45. The van der Waals surface area contributed by atoms with E-state index in [1.54, 1.807) is 51.1 Å². The van der Waals surface area contributed by atoms with E-state index < -0.39 is 41.7 Å². The summed E-state index contributed by atoms with van der Waals surface area (Å²) >= 11 is 0. The van der Waals surface area contributed by atoms with Gasteiger partial charge in [0.25, 0.3) is 0 Å². The number of hydrogen-bond donors (Lipinski definition) is 0. The molecule has 32 heavy (non-hydrogen) atoms. The molecule has 0 radical (unpaired) electrons. The molecular formula is C22H23F6NO3. The molecule has 0 saturated heterocycles. The van der Waals surface area contributed by atoms with Crippen LogP contribution in [0.3, 0.4) is 0 Å². The molecular weight excluding hydrogens is 440 g/mol. The lowest BCUT2D eigenvalue weighted by Crippen LogP contribution is -2.37. The number of rotatable bonds is 8. The van der Waals surface area contributed by atoms with Crippen LogP contribution in [0.1, 0.15) is 49.1 Å². The number of alkyl halides is 6. The van der Waals surface area contributed by atoms with Crippen LogP contribution in [0.25, 0.3) is 0 Å². The Bertz CT molecular complexity index is 859. The molecule has 0 aliphatic carbocycles. The topological polar surface area (TPSA) is 38.8 Å². The second-order valence-electron chi connectivity index (χ2n) is 8.02. The van der Waals surface area contributed by atoms with Crippen molar-refractivity contribution >= 4 is 6.41 Å². The van der Waals surface area contributed by atoms with Crippen molar-refractivity contribution in [1.29, 1.82) is 0 Å². The van der Waals surface area contributed by atoms with Crippen molar-refractivity contribution in [2.45, 2.75) is 51.4 Å². The zero-order valence-corrected chi connectivity index (χ0v) is 17.6. The molecule has 2 aromatic carbocycles. The molecule has 0 aliphatic rings. The Morgan fingerprint density at radius 1 is 0.906 bits per heavy atom. The zero-order valence-electron chi connectivity index (χ0n) is 17.6. The molecule has 0 saturated carbocycles. The molecule has 0 spiro atoms. The SMILES string of the molecule is CC(C)(C)ON(C=O)C(COCc1cc(C(F)(F)F)cc(C(F)(F)F)c1)c1ccccc1. The van der Waals surface area contributed by atoms with Crippen LogP contribution in [0.2, 0.25) is 0 Å². The van der Waals surface area contributed by atoms with E-state index in [1.165, 1.54) is 0 Å². The van der Waals surface area contributed by atoms with Gasteiger partial charge in [-0.05, 0) is 50.1 Å². The molecule has 0 aromatic heterocycles. The minimum Gasteiger partial charge on any atom is -0.374 e. The van der Waals surface area contributed by atoms with Gasteiger partial charge in [-0.25, -0.2) is 5.06 Å². The summed E-state index contributed by atoms with van der Waals surface area (Å²) in [5.41, 5.74) is -3.26. The summed E-state index contributed by atoms with van der Waals surface area (Å²) in [5, 5.41) is 1.02. The van der Waals surface area contributed by atoms with Gasteiger partial charge >= 0.3 is 12.4 Å². The van der Waals surface area contributed by atoms with Crippen LogP contribution in [-0.2, 0) is 33.3 Å². The normalized spacial score (nSPS) is 13.7. The van der Waals surface area contributed by atoms with Gasteiger partial charge in [0.2, 0.25) is 6.41 Å². The molecule has 0 fully saturated rings. The second kappa shape index (κ2) is 9.91. The van der Waals surface area contributed by atoms with Gasteiger partial charge in [0.1, 0.15) is 6.04 Å².